The Labute approximate surface area is 65.8 Å². The second-order valence-electron chi connectivity index (χ2n) is 2.57. The van der Waals surface area contributed by atoms with Crippen molar-refractivity contribution >= 4 is 7.12 Å². The fourth-order valence-corrected chi connectivity index (χ4v) is 1.11. The number of allylic oxidation sites excluding steroid dienone is 2. The lowest BCUT2D eigenvalue weighted by atomic mass is 9.74. The summed E-state index contributed by atoms with van der Waals surface area (Å²) in [5, 5.41) is 26.3. The van der Waals surface area contributed by atoms with Crippen LogP contribution in [-0.4, -0.2) is 28.9 Å². The highest BCUT2D eigenvalue weighted by molar-refractivity contribution is 6.50. The summed E-state index contributed by atoms with van der Waals surface area (Å²) in [5.74, 6) is 0. The van der Waals surface area contributed by atoms with Crippen LogP contribution in [0.2, 0.25) is 0 Å². The Kier molecular flexibility index (Phi) is 2.88. The first-order valence-electron chi connectivity index (χ1n) is 3.60. The van der Waals surface area contributed by atoms with Crippen molar-refractivity contribution in [3.05, 3.63) is 23.2 Å². The summed E-state index contributed by atoms with van der Waals surface area (Å²) in [6.07, 6.45) is 4.97. The fraction of sp³-hybridized carbons (Fsp3) is 0.429. The van der Waals surface area contributed by atoms with Crippen LogP contribution in [0.1, 0.15) is 12.8 Å². The molecule has 0 saturated carbocycles. The van der Waals surface area contributed by atoms with Gasteiger partial charge in [0.15, 0.2) is 0 Å². The summed E-state index contributed by atoms with van der Waals surface area (Å²) in [6, 6.07) is 0. The molecule has 4 heteroatoms. The Bertz CT molecular complexity index is 196. The van der Waals surface area contributed by atoms with Crippen LogP contribution < -0.4 is 0 Å². The molecule has 1 rings (SSSR count). The molecule has 0 aromatic carbocycles. The summed E-state index contributed by atoms with van der Waals surface area (Å²) in [7, 11) is -1.37. The highest BCUT2D eigenvalue weighted by Crippen LogP contribution is 2.17. The molecule has 0 atom stereocenters. The molecule has 11 heavy (non-hydrogen) atoms. The molecular formula is C7H11BO3. The van der Waals surface area contributed by atoms with E-state index in [9.17, 15) is 0 Å². The van der Waals surface area contributed by atoms with E-state index in [1.165, 1.54) is 0 Å². The van der Waals surface area contributed by atoms with Gasteiger partial charge < -0.3 is 15.2 Å². The lowest BCUT2D eigenvalue weighted by Gasteiger charge is -2.10. The first-order chi connectivity index (χ1) is 5.24. The van der Waals surface area contributed by atoms with Crippen LogP contribution in [0.5, 0.6) is 0 Å². The predicted molar refractivity (Wildman–Crippen MR) is 42.7 cm³/mol. The third kappa shape index (κ3) is 2.18. The zero-order valence-corrected chi connectivity index (χ0v) is 6.20. The second-order valence-corrected chi connectivity index (χ2v) is 2.57. The molecule has 0 fully saturated rings. The zero-order valence-electron chi connectivity index (χ0n) is 6.20. The van der Waals surface area contributed by atoms with Crippen LogP contribution >= 0.6 is 0 Å². The molecule has 0 saturated heterocycles. The van der Waals surface area contributed by atoms with Gasteiger partial charge in [0, 0.05) is 0 Å². The Morgan fingerprint density at radius 3 is 2.73 bits per heavy atom. The summed E-state index contributed by atoms with van der Waals surface area (Å²) in [5.41, 5.74) is 1.34. The lowest BCUT2D eigenvalue weighted by molar-refractivity contribution is 0.333. The monoisotopic (exact) mass is 154 g/mol. The first-order valence-corrected chi connectivity index (χ1v) is 3.60. The highest BCUT2D eigenvalue weighted by atomic mass is 16.4. The second kappa shape index (κ2) is 3.71. The maximum atomic E-state index is 8.77. The molecule has 3 N–H and O–H groups in total. The van der Waals surface area contributed by atoms with E-state index >= 15 is 0 Å². The molecular weight excluding hydrogens is 143 g/mol. The third-order valence-corrected chi connectivity index (χ3v) is 1.72. The van der Waals surface area contributed by atoms with E-state index in [1.54, 1.807) is 6.08 Å². The van der Waals surface area contributed by atoms with E-state index < -0.39 is 7.12 Å². The minimum Gasteiger partial charge on any atom is -0.423 e. The Morgan fingerprint density at radius 2 is 2.18 bits per heavy atom. The molecule has 3 nitrogen and oxygen atoms in total. The van der Waals surface area contributed by atoms with Gasteiger partial charge in [0.05, 0.1) is 6.61 Å². The molecule has 1 aliphatic rings. The molecule has 0 heterocycles. The van der Waals surface area contributed by atoms with E-state index in [0.717, 1.165) is 12.0 Å². The largest absolute Gasteiger partial charge is 0.484 e. The van der Waals surface area contributed by atoms with Crippen molar-refractivity contribution in [3.8, 4) is 0 Å². The standard InChI is InChI=1S/C7H11BO3/c9-5-6-2-1-3-7(4-6)8(10)11/h2,4,9-11H,1,3,5H2. The van der Waals surface area contributed by atoms with Gasteiger partial charge in [-0.2, -0.15) is 0 Å². The van der Waals surface area contributed by atoms with Crippen LogP contribution in [0.3, 0.4) is 0 Å². The maximum absolute atomic E-state index is 8.77. The first kappa shape index (κ1) is 8.52. The molecule has 0 bridgehead atoms. The van der Waals surface area contributed by atoms with Crippen molar-refractivity contribution in [2.45, 2.75) is 12.8 Å². The summed E-state index contributed by atoms with van der Waals surface area (Å²) < 4.78 is 0. The summed E-state index contributed by atoms with van der Waals surface area (Å²) in [4.78, 5) is 0. The number of aliphatic hydroxyl groups excluding tert-OH is 1. The van der Waals surface area contributed by atoms with E-state index in [1.807, 2.05) is 6.08 Å². The van der Waals surface area contributed by atoms with Gasteiger partial charge >= 0.3 is 7.12 Å². The Hall–Kier alpha value is -0.575. The lowest BCUT2D eigenvalue weighted by Crippen LogP contribution is -2.17. The van der Waals surface area contributed by atoms with Crippen molar-refractivity contribution in [2.75, 3.05) is 6.61 Å². The molecule has 1 aliphatic carbocycles. The van der Waals surface area contributed by atoms with Crippen molar-refractivity contribution < 1.29 is 15.2 Å². The van der Waals surface area contributed by atoms with Gasteiger partial charge in [0.1, 0.15) is 0 Å². The molecule has 0 radical (unpaired) electrons. The number of hydrogen-bond acceptors (Lipinski definition) is 3. The number of rotatable bonds is 2. The molecule has 0 aromatic heterocycles. The van der Waals surface area contributed by atoms with Crippen molar-refractivity contribution in [2.24, 2.45) is 0 Å². The average Bonchev–Trinajstić information content (AvgIpc) is 2.05. The highest BCUT2D eigenvalue weighted by Gasteiger charge is 2.16. The van der Waals surface area contributed by atoms with Gasteiger partial charge in [-0.15, -0.1) is 0 Å². The molecule has 60 valence electrons. The number of hydrogen-bond donors (Lipinski definition) is 3. The Morgan fingerprint density at radius 1 is 1.45 bits per heavy atom. The predicted octanol–water partition coefficient (Wildman–Crippen LogP) is -0.363. The zero-order chi connectivity index (χ0) is 8.27. The topological polar surface area (TPSA) is 60.7 Å². The molecule has 0 unspecified atom stereocenters. The maximum Gasteiger partial charge on any atom is 0.484 e. The summed E-state index contributed by atoms with van der Waals surface area (Å²) >= 11 is 0. The minimum atomic E-state index is -1.37. The van der Waals surface area contributed by atoms with Gasteiger partial charge in [-0.05, 0) is 23.9 Å². The third-order valence-electron chi connectivity index (χ3n) is 1.72. The van der Waals surface area contributed by atoms with Gasteiger partial charge in [-0.1, -0.05) is 12.2 Å². The average molecular weight is 154 g/mol. The smallest absolute Gasteiger partial charge is 0.423 e. The van der Waals surface area contributed by atoms with E-state index in [2.05, 4.69) is 0 Å². The molecule has 0 aliphatic heterocycles. The quantitative estimate of drug-likeness (QED) is 0.476. The van der Waals surface area contributed by atoms with Crippen molar-refractivity contribution in [3.63, 3.8) is 0 Å². The van der Waals surface area contributed by atoms with Crippen LogP contribution in [0.4, 0.5) is 0 Å². The molecule has 0 amide bonds. The summed E-state index contributed by atoms with van der Waals surface area (Å²) in [6.45, 7) is -0.0315. The number of aliphatic hydroxyl groups is 1. The van der Waals surface area contributed by atoms with Crippen LogP contribution in [-0.2, 0) is 0 Å². The van der Waals surface area contributed by atoms with Gasteiger partial charge in [0.2, 0.25) is 0 Å². The van der Waals surface area contributed by atoms with Crippen LogP contribution in [0.25, 0.3) is 0 Å². The molecule has 0 aromatic rings. The van der Waals surface area contributed by atoms with E-state index in [4.69, 9.17) is 15.2 Å². The Balaban J connectivity index is 2.68. The van der Waals surface area contributed by atoms with Gasteiger partial charge in [0.25, 0.3) is 0 Å². The molecule has 0 spiro atoms. The van der Waals surface area contributed by atoms with Crippen LogP contribution in [0, 0.1) is 0 Å². The SMILES string of the molecule is OCC1=CCCC(B(O)O)=C1. The minimum absolute atomic E-state index is 0.0315. The normalized spacial score (nSPS) is 17.4. The van der Waals surface area contributed by atoms with Crippen molar-refractivity contribution in [1.29, 1.82) is 0 Å². The fourth-order valence-electron chi connectivity index (χ4n) is 1.11. The van der Waals surface area contributed by atoms with Crippen molar-refractivity contribution in [1.82, 2.24) is 0 Å². The van der Waals surface area contributed by atoms with Gasteiger partial charge in [-0.25, -0.2) is 0 Å². The van der Waals surface area contributed by atoms with Crippen LogP contribution in [0.15, 0.2) is 23.2 Å². The van der Waals surface area contributed by atoms with Gasteiger partial charge in [-0.3, -0.25) is 0 Å². The van der Waals surface area contributed by atoms with E-state index in [-0.39, 0.29) is 6.61 Å². The van der Waals surface area contributed by atoms with E-state index in [0.29, 0.717) is 11.9 Å².